The zero-order valence-electron chi connectivity index (χ0n) is 14.1. The van der Waals surface area contributed by atoms with Gasteiger partial charge in [0.2, 0.25) is 0 Å². The van der Waals surface area contributed by atoms with Gasteiger partial charge in [0.25, 0.3) is 0 Å². The molecule has 1 aromatic carbocycles. The van der Waals surface area contributed by atoms with Crippen LogP contribution in [-0.4, -0.2) is 12.7 Å². The van der Waals surface area contributed by atoms with Crippen LogP contribution in [0.1, 0.15) is 77.2 Å². The molecule has 0 bridgehead atoms. The highest BCUT2D eigenvalue weighted by atomic mass is 19.1. The Morgan fingerprint density at radius 2 is 1.57 bits per heavy atom. The standard InChI is InChI=1S/C19H31FO/c1-5-6-7-8-9-10-11-18(19(2,3)21-4)16-12-14-17(20)15-13-16/h12-15,18H,5-11H2,1-4H3. The molecule has 1 aromatic rings. The van der Waals surface area contributed by atoms with Crippen molar-refractivity contribution in [1.29, 1.82) is 0 Å². The Balaban J connectivity index is 2.60. The zero-order valence-corrected chi connectivity index (χ0v) is 14.1. The molecule has 1 unspecified atom stereocenters. The van der Waals surface area contributed by atoms with Crippen molar-refractivity contribution in [2.45, 2.75) is 77.2 Å². The summed E-state index contributed by atoms with van der Waals surface area (Å²) in [4.78, 5) is 0. The third-order valence-corrected chi connectivity index (χ3v) is 4.48. The second-order valence-electron chi connectivity index (χ2n) is 6.47. The van der Waals surface area contributed by atoms with Crippen LogP contribution in [-0.2, 0) is 4.74 Å². The predicted molar refractivity (Wildman–Crippen MR) is 88.2 cm³/mol. The lowest BCUT2D eigenvalue weighted by Crippen LogP contribution is -2.31. The lowest BCUT2D eigenvalue weighted by atomic mass is 9.80. The topological polar surface area (TPSA) is 9.23 Å². The van der Waals surface area contributed by atoms with Crippen LogP contribution in [0.15, 0.2) is 24.3 Å². The van der Waals surface area contributed by atoms with E-state index in [1.807, 2.05) is 12.1 Å². The number of benzene rings is 1. The van der Waals surface area contributed by atoms with Crippen molar-refractivity contribution in [1.82, 2.24) is 0 Å². The summed E-state index contributed by atoms with van der Waals surface area (Å²) >= 11 is 0. The first-order valence-corrected chi connectivity index (χ1v) is 8.32. The highest BCUT2D eigenvalue weighted by Crippen LogP contribution is 2.35. The van der Waals surface area contributed by atoms with Crippen LogP contribution in [0.3, 0.4) is 0 Å². The first-order valence-electron chi connectivity index (χ1n) is 8.32. The SMILES string of the molecule is CCCCCCCCC(c1ccc(F)cc1)C(C)(C)OC. The van der Waals surface area contributed by atoms with Crippen LogP contribution in [0.25, 0.3) is 0 Å². The molecular formula is C19H31FO. The third kappa shape index (κ3) is 6.17. The lowest BCUT2D eigenvalue weighted by molar-refractivity contribution is -0.00451. The van der Waals surface area contributed by atoms with Crippen LogP contribution in [0, 0.1) is 5.82 Å². The molecule has 0 fully saturated rings. The van der Waals surface area contributed by atoms with Gasteiger partial charge >= 0.3 is 0 Å². The quantitative estimate of drug-likeness (QED) is 0.475. The van der Waals surface area contributed by atoms with Crippen LogP contribution < -0.4 is 0 Å². The third-order valence-electron chi connectivity index (χ3n) is 4.48. The van der Waals surface area contributed by atoms with Crippen molar-refractivity contribution < 1.29 is 9.13 Å². The van der Waals surface area contributed by atoms with Crippen molar-refractivity contribution >= 4 is 0 Å². The molecule has 1 nitrogen and oxygen atoms in total. The molecule has 0 aliphatic rings. The summed E-state index contributed by atoms with van der Waals surface area (Å²) in [6, 6.07) is 6.90. The van der Waals surface area contributed by atoms with E-state index in [1.165, 1.54) is 44.1 Å². The Kier molecular flexibility index (Phi) is 7.95. The van der Waals surface area contributed by atoms with E-state index in [-0.39, 0.29) is 11.4 Å². The Morgan fingerprint density at radius 3 is 2.14 bits per heavy atom. The minimum absolute atomic E-state index is 0.174. The fourth-order valence-corrected chi connectivity index (χ4v) is 2.88. The number of ether oxygens (including phenoxy) is 1. The molecule has 0 saturated heterocycles. The van der Waals surface area contributed by atoms with Gasteiger partial charge in [-0.1, -0.05) is 57.6 Å². The molecule has 120 valence electrons. The van der Waals surface area contributed by atoms with Crippen LogP contribution in [0.2, 0.25) is 0 Å². The number of unbranched alkanes of at least 4 members (excludes halogenated alkanes) is 5. The second-order valence-corrected chi connectivity index (χ2v) is 6.47. The molecule has 0 saturated carbocycles. The highest BCUT2D eigenvalue weighted by molar-refractivity contribution is 5.23. The molecule has 0 amide bonds. The summed E-state index contributed by atoms with van der Waals surface area (Å²) in [5, 5.41) is 0. The predicted octanol–water partition coefficient (Wildman–Crippen LogP) is 6.08. The largest absolute Gasteiger partial charge is 0.378 e. The fourth-order valence-electron chi connectivity index (χ4n) is 2.88. The van der Waals surface area contributed by atoms with E-state index in [9.17, 15) is 4.39 Å². The monoisotopic (exact) mass is 294 g/mol. The van der Waals surface area contributed by atoms with Gasteiger partial charge in [-0.05, 0) is 38.0 Å². The Hall–Kier alpha value is -0.890. The first kappa shape index (κ1) is 18.2. The van der Waals surface area contributed by atoms with Gasteiger partial charge < -0.3 is 4.74 Å². The Morgan fingerprint density at radius 1 is 1.00 bits per heavy atom. The molecule has 0 N–H and O–H groups in total. The maximum Gasteiger partial charge on any atom is 0.123 e. The lowest BCUT2D eigenvalue weighted by Gasteiger charge is -2.33. The molecule has 1 atom stereocenters. The van der Waals surface area contributed by atoms with Gasteiger partial charge in [0.1, 0.15) is 5.82 Å². The molecule has 0 radical (unpaired) electrons. The van der Waals surface area contributed by atoms with Crippen LogP contribution in [0.4, 0.5) is 4.39 Å². The van der Waals surface area contributed by atoms with E-state index in [0.717, 1.165) is 6.42 Å². The van der Waals surface area contributed by atoms with Gasteiger partial charge in [0, 0.05) is 13.0 Å². The van der Waals surface area contributed by atoms with Gasteiger partial charge in [-0.2, -0.15) is 0 Å². The normalized spacial score (nSPS) is 13.4. The van der Waals surface area contributed by atoms with Crippen molar-refractivity contribution in [3.05, 3.63) is 35.6 Å². The molecule has 2 heteroatoms. The van der Waals surface area contributed by atoms with E-state index in [0.29, 0.717) is 5.92 Å². The van der Waals surface area contributed by atoms with Crippen molar-refractivity contribution in [2.75, 3.05) is 7.11 Å². The summed E-state index contributed by atoms with van der Waals surface area (Å²) in [7, 11) is 1.76. The summed E-state index contributed by atoms with van der Waals surface area (Å²) in [6.45, 7) is 6.49. The van der Waals surface area contributed by atoms with Crippen LogP contribution in [0.5, 0.6) is 0 Å². The second kappa shape index (κ2) is 9.19. The molecule has 0 aliphatic heterocycles. The molecular weight excluding hydrogens is 263 g/mol. The number of rotatable bonds is 10. The average molecular weight is 294 g/mol. The molecule has 0 spiro atoms. The van der Waals surface area contributed by atoms with Gasteiger partial charge in [0.05, 0.1) is 5.60 Å². The van der Waals surface area contributed by atoms with E-state index in [1.54, 1.807) is 19.2 Å². The van der Waals surface area contributed by atoms with Gasteiger partial charge in [-0.3, -0.25) is 0 Å². The van der Waals surface area contributed by atoms with Gasteiger partial charge in [-0.25, -0.2) is 4.39 Å². The summed E-state index contributed by atoms with van der Waals surface area (Å²) < 4.78 is 18.8. The number of hydrogen-bond donors (Lipinski definition) is 0. The molecule has 21 heavy (non-hydrogen) atoms. The van der Waals surface area contributed by atoms with Crippen molar-refractivity contribution in [2.24, 2.45) is 0 Å². The fraction of sp³-hybridized carbons (Fsp3) is 0.684. The molecule has 0 aromatic heterocycles. The Labute approximate surface area is 129 Å². The highest BCUT2D eigenvalue weighted by Gasteiger charge is 2.30. The number of hydrogen-bond acceptors (Lipinski definition) is 1. The first-order chi connectivity index (χ1) is 10.0. The Bertz CT molecular complexity index is 383. The summed E-state index contributed by atoms with van der Waals surface area (Å²) in [6.07, 6.45) is 8.86. The minimum atomic E-state index is -0.221. The van der Waals surface area contributed by atoms with Gasteiger partial charge in [0.15, 0.2) is 0 Å². The molecule has 0 aliphatic carbocycles. The smallest absolute Gasteiger partial charge is 0.123 e. The van der Waals surface area contributed by atoms with E-state index < -0.39 is 0 Å². The van der Waals surface area contributed by atoms with E-state index in [2.05, 4.69) is 20.8 Å². The summed E-state index contributed by atoms with van der Waals surface area (Å²) in [5.74, 6) is 0.140. The number of methoxy groups -OCH3 is 1. The maximum absolute atomic E-state index is 13.1. The molecule has 1 rings (SSSR count). The zero-order chi connectivity index (χ0) is 15.7. The minimum Gasteiger partial charge on any atom is -0.378 e. The van der Waals surface area contributed by atoms with E-state index >= 15 is 0 Å². The van der Waals surface area contributed by atoms with Gasteiger partial charge in [-0.15, -0.1) is 0 Å². The molecule has 0 heterocycles. The van der Waals surface area contributed by atoms with E-state index in [4.69, 9.17) is 4.74 Å². The van der Waals surface area contributed by atoms with Crippen LogP contribution >= 0.6 is 0 Å². The number of halogens is 1. The average Bonchev–Trinajstić information content (AvgIpc) is 2.47. The van der Waals surface area contributed by atoms with Crippen molar-refractivity contribution in [3.63, 3.8) is 0 Å². The summed E-state index contributed by atoms with van der Waals surface area (Å²) in [5.41, 5.74) is 0.957. The van der Waals surface area contributed by atoms with Crippen molar-refractivity contribution in [3.8, 4) is 0 Å². The maximum atomic E-state index is 13.1.